The average Bonchev–Trinajstić information content (AvgIpc) is 3.28. The Hall–Kier alpha value is -1.15. The molecule has 2 fully saturated rings. The molecule has 1 aromatic heterocycles. The Kier molecular flexibility index (Phi) is 4.76. The van der Waals surface area contributed by atoms with E-state index in [0.717, 1.165) is 61.6 Å². The number of rotatable bonds is 2. The van der Waals surface area contributed by atoms with E-state index in [1.807, 2.05) is 16.7 Å². The van der Waals surface area contributed by atoms with Crippen molar-refractivity contribution in [1.29, 1.82) is 0 Å². The van der Waals surface area contributed by atoms with E-state index in [0.29, 0.717) is 17.3 Å². The number of carbonyl (C=O) groups is 2. The van der Waals surface area contributed by atoms with Crippen LogP contribution in [0.4, 0.5) is 0 Å². The molecule has 3 heterocycles. The quantitative estimate of drug-likeness (QED) is 0.792. The summed E-state index contributed by atoms with van der Waals surface area (Å²) in [5.74, 6) is 4.00. The molecule has 4 rings (SSSR count). The zero-order valence-corrected chi connectivity index (χ0v) is 15.2. The molecule has 1 aromatic rings. The lowest BCUT2D eigenvalue weighted by Gasteiger charge is -2.31. The minimum Gasteiger partial charge on any atom is -0.360 e. The van der Waals surface area contributed by atoms with Gasteiger partial charge in [0.1, 0.15) is 11.8 Å². The second kappa shape index (κ2) is 7.00. The van der Waals surface area contributed by atoms with E-state index in [-0.39, 0.29) is 17.9 Å². The van der Waals surface area contributed by atoms with Crippen molar-refractivity contribution < 1.29 is 14.1 Å². The van der Waals surface area contributed by atoms with Crippen molar-refractivity contribution in [2.45, 2.75) is 31.7 Å². The van der Waals surface area contributed by atoms with E-state index < -0.39 is 0 Å². The molecule has 8 heteroatoms. The van der Waals surface area contributed by atoms with E-state index >= 15 is 0 Å². The summed E-state index contributed by atoms with van der Waals surface area (Å²) >= 11 is 3.52. The molecular weight excluding hydrogens is 346 g/mol. The highest BCUT2D eigenvalue weighted by Crippen LogP contribution is 2.29. The summed E-state index contributed by atoms with van der Waals surface area (Å²) < 4.78 is 5.38. The topological polar surface area (TPSA) is 66.7 Å². The smallest absolute Gasteiger partial charge is 0.277 e. The summed E-state index contributed by atoms with van der Waals surface area (Å²) in [5, 5.41) is 4.04. The molecule has 1 atom stereocenters. The van der Waals surface area contributed by atoms with Crippen LogP contribution in [0.15, 0.2) is 4.52 Å². The molecule has 3 aliphatic rings. The summed E-state index contributed by atoms with van der Waals surface area (Å²) in [7, 11) is 0. The Morgan fingerprint density at radius 2 is 1.92 bits per heavy atom. The summed E-state index contributed by atoms with van der Waals surface area (Å²) in [6.45, 7) is 1.57. The van der Waals surface area contributed by atoms with Gasteiger partial charge in [0.05, 0.1) is 5.88 Å². The van der Waals surface area contributed by atoms with Crippen LogP contribution in [0.25, 0.3) is 0 Å². The zero-order valence-electron chi connectivity index (χ0n) is 13.5. The van der Waals surface area contributed by atoms with Crippen LogP contribution in [0.1, 0.15) is 34.7 Å². The van der Waals surface area contributed by atoms with Gasteiger partial charge in [0.2, 0.25) is 5.91 Å². The second-order valence-corrected chi connectivity index (χ2v) is 8.59. The Morgan fingerprint density at radius 3 is 2.75 bits per heavy atom. The van der Waals surface area contributed by atoms with Gasteiger partial charge in [-0.05, 0) is 19.3 Å². The lowest BCUT2D eigenvalue weighted by Crippen LogP contribution is -2.51. The van der Waals surface area contributed by atoms with Crippen molar-refractivity contribution in [3.63, 3.8) is 0 Å². The van der Waals surface area contributed by atoms with Gasteiger partial charge in [-0.2, -0.15) is 11.8 Å². The van der Waals surface area contributed by atoms with Crippen molar-refractivity contribution in [1.82, 2.24) is 15.0 Å². The first kappa shape index (κ1) is 16.3. The highest BCUT2D eigenvalue weighted by molar-refractivity contribution is 7.99. The average molecular weight is 367 g/mol. The Morgan fingerprint density at radius 1 is 1.12 bits per heavy atom. The van der Waals surface area contributed by atoms with Crippen molar-refractivity contribution in [2.75, 3.05) is 36.2 Å². The van der Waals surface area contributed by atoms with Crippen molar-refractivity contribution >= 4 is 35.3 Å². The fraction of sp³-hybridized carbons (Fsp3) is 0.688. The van der Waals surface area contributed by atoms with Gasteiger partial charge < -0.3 is 14.3 Å². The lowest BCUT2D eigenvalue weighted by atomic mass is 9.96. The Bertz CT molecular complexity index is 643. The minimum absolute atomic E-state index is 0.0889. The first-order valence-corrected chi connectivity index (χ1v) is 10.8. The van der Waals surface area contributed by atoms with E-state index in [9.17, 15) is 9.59 Å². The highest BCUT2D eigenvalue weighted by Gasteiger charge is 2.39. The largest absolute Gasteiger partial charge is 0.360 e. The van der Waals surface area contributed by atoms with Gasteiger partial charge in [-0.3, -0.25) is 9.59 Å². The van der Waals surface area contributed by atoms with Gasteiger partial charge in [-0.15, -0.1) is 11.8 Å². The number of aromatic nitrogens is 1. The molecule has 0 spiro atoms. The molecule has 2 aliphatic heterocycles. The number of hydrogen-bond donors (Lipinski definition) is 0. The summed E-state index contributed by atoms with van der Waals surface area (Å²) in [6.07, 6.45) is 3.86. The maximum Gasteiger partial charge on any atom is 0.277 e. The summed E-state index contributed by atoms with van der Waals surface area (Å²) in [4.78, 5) is 29.4. The monoisotopic (exact) mass is 367 g/mol. The molecular formula is C16H21N3O3S2. The molecule has 0 bridgehead atoms. The van der Waals surface area contributed by atoms with E-state index in [1.165, 1.54) is 0 Å². The number of fused-ring (bicyclic) bond motifs is 1. The number of amides is 2. The van der Waals surface area contributed by atoms with Crippen molar-refractivity contribution in [3.8, 4) is 0 Å². The predicted molar refractivity (Wildman–Crippen MR) is 94.3 cm³/mol. The van der Waals surface area contributed by atoms with Crippen LogP contribution in [0.2, 0.25) is 0 Å². The molecule has 0 aromatic carbocycles. The Labute approximate surface area is 149 Å². The van der Waals surface area contributed by atoms with Gasteiger partial charge >= 0.3 is 0 Å². The van der Waals surface area contributed by atoms with Crippen LogP contribution in [0, 0.1) is 0 Å². The minimum atomic E-state index is -0.360. The molecule has 0 radical (unpaired) electrons. The highest BCUT2D eigenvalue weighted by atomic mass is 32.2. The number of nitrogens with zero attached hydrogens (tertiary/aromatic N) is 3. The third-order valence-electron chi connectivity index (χ3n) is 4.90. The number of thioether (sulfide) groups is 2. The maximum absolute atomic E-state index is 13.0. The molecule has 2 amide bonds. The SMILES string of the molecule is O=C(C1CSCN1C(=O)c1noc2c1CCCC2)N1CCSCC1. The molecule has 24 heavy (non-hydrogen) atoms. The molecule has 2 saturated heterocycles. The standard InChI is InChI=1S/C16H21N3O3S2/c20-15(18-5-7-23-8-6-18)12-9-24-10-19(12)16(21)14-11-3-1-2-4-13(11)22-17-14/h12H,1-10H2. The van der Waals surface area contributed by atoms with Gasteiger partial charge in [-0.25, -0.2) is 0 Å². The number of carbonyl (C=O) groups excluding carboxylic acids is 2. The molecule has 130 valence electrons. The fourth-order valence-electron chi connectivity index (χ4n) is 3.53. The molecule has 6 nitrogen and oxygen atoms in total. The van der Waals surface area contributed by atoms with E-state index in [1.54, 1.807) is 16.7 Å². The molecule has 0 N–H and O–H groups in total. The normalized spacial score (nSPS) is 24.1. The number of hydrogen-bond acceptors (Lipinski definition) is 6. The van der Waals surface area contributed by atoms with Crippen LogP contribution in [0.3, 0.4) is 0 Å². The molecule has 1 aliphatic carbocycles. The van der Waals surface area contributed by atoms with Crippen molar-refractivity contribution in [2.24, 2.45) is 0 Å². The van der Waals surface area contributed by atoms with E-state index in [2.05, 4.69) is 5.16 Å². The van der Waals surface area contributed by atoms with Gasteiger partial charge in [0.15, 0.2) is 5.69 Å². The van der Waals surface area contributed by atoms with Crippen LogP contribution in [0.5, 0.6) is 0 Å². The Balaban J connectivity index is 1.53. The van der Waals surface area contributed by atoms with E-state index in [4.69, 9.17) is 4.52 Å². The van der Waals surface area contributed by atoms with Crippen LogP contribution in [-0.2, 0) is 17.6 Å². The van der Waals surface area contributed by atoms with Crippen molar-refractivity contribution in [3.05, 3.63) is 17.0 Å². The second-order valence-electron chi connectivity index (χ2n) is 6.37. The van der Waals surface area contributed by atoms with Crippen LogP contribution < -0.4 is 0 Å². The third kappa shape index (κ3) is 2.94. The maximum atomic E-state index is 13.0. The van der Waals surface area contributed by atoms with Gasteiger partial charge in [0.25, 0.3) is 5.91 Å². The summed E-state index contributed by atoms with van der Waals surface area (Å²) in [6, 6.07) is -0.360. The first-order valence-electron chi connectivity index (χ1n) is 8.48. The number of aryl methyl sites for hydroxylation is 1. The first-order chi connectivity index (χ1) is 11.8. The zero-order chi connectivity index (χ0) is 16.5. The lowest BCUT2D eigenvalue weighted by molar-refractivity contribution is -0.134. The van der Waals surface area contributed by atoms with Crippen LogP contribution >= 0.6 is 23.5 Å². The summed E-state index contributed by atoms with van der Waals surface area (Å²) in [5.41, 5.74) is 1.39. The predicted octanol–water partition coefficient (Wildman–Crippen LogP) is 1.64. The third-order valence-corrected chi connectivity index (χ3v) is 6.86. The van der Waals surface area contributed by atoms with Gasteiger partial charge in [-0.1, -0.05) is 5.16 Å². The fourth-order valence-corrected chi connectivity index (χ4v) is 5.58. The molecule has 0 saturated carbocycles. The molecule has 1 unspecified atom stereocenters. The van der Waals surface area contributed by atoms with Crippen LogP contribution in [-0.4, -0.2) is 69.0 Å². The van der Waals surface area contributed by atoms with Gasteiger partial charge in [0, 0.05) is 42.3 Å².